The van der Waals surface area contributed by atoms with Crippen LogP contribution in [0.4, 0.5) is 13.2 Å². The quantitative estimate of drug-likeness (QED) is 0.333. The smallest absolute Gasteiger partial charge is 0.194 e. The van der Waals surface area contributed by atoms with Crippen molar-refractivity contribution in [2.24, 2.45) is 11.8 Å². The van der Waals surface area contributed by atoms with Crippen LogP contribution < -0.4 is 0 Å². The molecule has 166 valence electrons. The van der Waals surface area contributed by atoms with Gasteiger partial charge < -0.3 is 9.59 Å². The van der Waals surface area contributed by atoms with Gasteiger partial charge in [0.15, 0.2) is 17.5 Å². The number of para-hydroxylation sites is 1. The summed E-state index contributed by atoms with van der Waals surface area (Å²) in [6, 6.07) is 11.6. The van der Waals surface area contributed by atoms with Crippen molar-refractivity contribution in [3.8, 4) is 0 Å². The molecular formula is C26H26F3N2O+. The molecule has 3 nitrogen and oxygen atoms in total. The number of hydrogen-bond donors (Lipinski definition) is 1. The molecule has 2 aromatic carbocycles. The fraction of sp³-hybridized carbons (Fsp3) is 0.346. The van der Waals surface area contributed by atoms with Crippen LogP contribution in [0.3, 0.4) is 0 Å². The number of aliphatic hydroxyl groups excluding tert-OH is 1. The first-order valence-electron chi connectivity index (χ1n) is 11.1. The summed E-state index contributed by atoms with van der Waals surface area (Å²) < 4.78 is 42.0. The van der Waals surface area contributed by atoms with Crippen molar-refractivity contribution in [1.82, 2.24) is 4.98 Å². The Kier molecular flexibility index (Phi) is 5.30. The van der Waals surface area contributed by atoms with Crippen molar-refractivity contribution in [3.05, 3.63) is 89.9 Å². The molecule has 32 heavy (non-hydrogen) atoms. The average molecular weight is 440 g/mol. The SMILES string of the molecule is C=C[C@H]1C[N+]2(Cc3cc(F)c(F)c(F)c3)CC[C@H]1C[C@@H]2[C@@H](O)c1ccnc2ccccc12. The van der Waals surface area contributed by atoms with Gasteiger partial charge in [-0.25, -0.2) is 13.2 Å². The van der Waals surface area contributed by atoms with Crippen LogP contribution in [0.1, 0.15) is 30.1 Å². The molecule has 3 aliphatic rings. The third-order valence-corrected chi connectivity index (χ3v) is 7.58. The second kappa shape index (κ2) is 8.01. The highest BCUT2D eigenvalue weighted by Gasteiger charge is 2.54. The van der Waals surface area contributed by atoms with E-state index in [9.17, 15) is 18.3 Å². The molecule has 0 saturated carbocycles. The van der Waals surface area contributed by atoms with Gasteiger partial charge in [0, 0.05) is 35.9 Å². The van der Waals surface area contributed by atoms with Gasteiger partial charge in [-0.05, 0) is 35.7 Å². The molecule has 1 N–H and O–H groups in total. The van der Waals surface area contributed by atoms with E-state index in [1.807, 2.05) is 36.4 Å². The molecule has 0 spiro atoms. The van der Waals surface area contributed by atoms with E-state index in [0.717, 1.165) is 54.5 Å². The van der Waals surface area contributed by atoms with E-state index in [0.29, 0.717) is 22.5 Å². The molecule has 3 aromatic rings. The van der Waals surface area contributed by atoms with E-state index in [4.69, 9.17) is 0 Å². The highest BCUT2D eigenvalue weighted by molar-refractivity contribution is 5.82. The summed E-state index contributed by atoms with van der Waals surface area (Å²) >= 11 is 0. The predicted octanol–water partition coefficient (Wildman–Crippen LogP) is 5.30. The highest BCUT2D eigenvalue weighted by Crippen LogP contribution is 2.48. The topological polar surface area (TPSA) is 33.1 Å². The van der Waals surface area contributed by atoms with E-state index in [2.05, 4.69) is 11.6 Å². The molecule has 3 aliphatic heterocycles. The molecule has 0 radical (unpaired) electrons. The normalized spacial score (nSPS) is 28.1. The first-order valence-corrected chi connectivity index (χ1v) is 11.1. The number of hydrogen-bond acceptors (Lipinski definition) is 2. The van der Waals surface area contributed by atoms with Crippen LogP contribution in [-0.4, -0.2) is 33.7 Å². The number of benzene rings is 2. The highest BCUT2D eigenvalue weighted by atomic mass is 19.2. The number of piperidine rings is 3. The predicted molar refractivity (Wildman–Crippen MR) is 117 cm³/mol. The van der Waals surface area contributed by atoms with E-state index >= 15 is 0 Å². The van der Waals surface area contributed by atoms with Crippen molar-refractivity contribution < 1.29 is 22.8 Å². The Morgan fingerprint density at radius 3 is 2.66 bits per heavy atom. The standard InChI is InChI=1S/C26H26F3N2O/c1-2-17-15-31(14-16-11-21(27)25(29)22(28)12-16)10-8-18(17)13-24(31)26(32)20-7-9-30-23-6-4-3-5-19(20)23/h2-7,9,11-12,17-18,24,26,32H,1,8,10,13-15H2/q+1/t17-,18-,24+,26-,31?/m0/s1. The second-order valence-electron chi connectivity index (χ2n) is 9.27. The van der Waals surface area contributed by atoms with Gasteiger partial charge in [-0.2, -0.15) is 0 Å². The van der Waals surface area contributed by atoms with E-state index < -0.39 is 23.6 Å². The fourth-order valence-electron chi connectivity index (χ4n) is 6.03. The number of pyridine rings is 1. The maximum atomic E-state index is 14.0. The van der Waals surface area contributed by atoms with Gasteiger partial charge in [0.25, 0.3) is 0 Å². The molecule has 4 heterocycles. The number of nitrogens with zero attached hydrogens (tertiary/aromatic N) is 2. The van der Waals surface area contributed by atoms with Gasteiger partial charge in [0.2, 0.25) is 0 Å². The molecule has 5 atom stereocenters. The summed E-state index contributed by atoms with van der Waals surface area (Å²) in [5.74, 6) is -3.11. The minimum atomic E-state index is -1.45. The summed E-state index contributed by atoms with van der Waals surface area (Å²) in [6.45, 7) is 5.86. The monoisotopic (exact) mass is 439 g/mol. The number of fused-ring (bicyclic) bond motifs is 4. The van der Waals surface area contributed by atoms with Gasteiger partial charge in [-0.3, -0.25) is 4.98 Å². The molecule has 6 heteroatoms. The maximum absolute atomic E-state index is 14.0. The first kappa shape index (κ1) is 21.2. The van der Waals surface area contributed by atoms with Crippen molar-refractivity contribution in [3.63, 3.8) is 0 Å². The van der Waals surface area contributed by atoms with Crippen molar-refractivity contribution in [2.45, 2.75) is 31.5 Å². The fourth-order valence-corrected chi connectivity index (χ4v) is 6.03. The molecule has 1 aromatic heterocycles. The minimum Gasteiger partial charge on any atom is -0.382 e. The lowest BCUT2D eigenvalue weighted by molar-refractivity contribution is -0.985. The molecule has 1 unspecified atom stereocenters. The van der Waals surface area contributed by atoms with Crippen molar-refractivity contribution >= 4 is 10.9 Å². The van der Waals surface area contributed by atoms with E-state index in [1.54, 1.807) is 6.20 Å². The molecule has 2 bridgehead atoms. The number of rotatable bonds is 5. The van der Waals surface area contributed by atoms with Gasteiger partial charge in [-0.15, -0.1) is 6.58 Å². The lowest BCUT2D eigenvalue weighted by Crippen LogP contribution is -2.67. The maximum Gasteiger partial charge on any atom is 0.194 e. The third-order valence-electron chi connectivity index (χ3n) is 7.58. The lowest BCUT2D eigenvalue weighted by atomic mass is 9.71. The lowest BCUT2D eigenvalue weighted by Gasteiger charge is -2.58. The van der Waals surface area contributed by atoms with Crippen LogP contribution in [-0.2, 0) is 6.54 Å². The van der Waals surface area contributed by atoms with Crippen molar-refractivity contribution in [1.29, 1.82) is 0 Å². The van der Waals surface area contributed by atoms with Gasteiger partial charge >= 0.3 is 0 Å². The first-order chi connectivity index (χ1) is 15.4. The molecule has 3 fully saturated rings. The van der Waals surface area contributed by atoms with E-state index in [1.165, 1.54) is 0 Å². The zero-order valence-corrected chi connectivity index (χ0v) is 17.7. The summed E-state index contributed by atoms with van der Waals surface area (Å²) in [5, 5.41) is 12.5. The van der Waals surface area contributed by atoms with Crippen LogP contribution in [0.5, 0.6) is 0 Å². The van der Waals surface area contributed by atoms with Crippen molar-refractivity contribution in [2.75, 3.05) is 13.1 Å². The Labute approximate surface area is 185 Å². The Morgan fingerprint density at radius 2 is 1.91 bits per heavy atom. The Morgan fingerprint density at radius 1 is 1.16 bits per heavy atom. The van der Waals surface area contributed by atoms with Crippen LogP contribution in [0.2, 0.25) is 0 Å². The zero-order chi connectivity index (χ0) is 22.5. The van der Waals surface area contributed by atoms with Crippen LogP contribution in [0.25, 0.3) is 10.9 Å². The molecular weight excluding hydrogens is 413 g/mol. The molecule has 6 rings (SSSR count). The van der Waals surface area contributed by atoms with Gasteiger partial charge in [0.1, 0.15) is 18.7 Å². The third kappa shape index (κ3) is 3.42. The average Bonchev–Trinajstić information content (AvgIpc) is 2.81. The van der Waals surface area contributed by atoms with E-state index in [-0.39, 0.29) is 12.0 Å². The van der Waals surface area contributed by atoms with Crippen LogP contribution in [0.15, 0.2) is 61.3 Å². The minimum absolute atomic E-state index is 0.146. The number of aromatic nitrogens is 1. The van der Waals surface area contributed by atoms with Crippen LogP contribution >= 0.6 is 0 Å². The Bertz CT molecular complexity index is 1150. The zero-order valence-electron chi connectivity index (χ0n) is 17.7. The Balaban J connectivity index is 1.56. The number of aliphatic hydroxyl groups is 1. The Hall–Kier alpha value is -2.70. The number of quaternary nitrogens is 1. The summed E-state index contributed by atoms with van der Waals surface area (Å²) in [7, 11) is 0. The summed E-state index contributed by atoms with van der Waals surface area (Å²) in [4.78, 5) is 4.41. The molecule has 0 aliphatic carbocycles. The molecule has 3 saturated heterocycles. The molecule has 0 amide bonds. The largest absolute Gasteiger partial charge is 0.382 e. The van der Waals surface area contributed by atoms with Gasteiger partial charge in [0.05, 0.1) is 18.6 Å². The van der Waals surface area contributed by atoms with Gasteiger partial charge in [-0.1, -0.05) is 24.3 Å². The van der Waals surface area contributed by atoms with Crippen LogP contribution in [0, 0.1) is 29.3 Å². The summed E-state index contributed by atoms with van der Waals surface area (Å²) in [6.07, 6.45) is 4.67. The summed E-state index contributed by atoms with van der Waals surface area (Å²) in [5.41, 5.74) is 2.04. The second-order valence-corrected chi connectivity index (χ2v) is 9.27. The number of halogens is 3.